The Morgan fingerprint density at radius 2 is 2.26 bits per heavy atom. The maximum Gasteiger partial charge on any atom is 0.164 e. The van der Waals surface area contributed by atoms with E-state index in [1.807, 2.05) is 18.2 Å². The van der Waals surface area contributed by atoms with Gasteiger partial charge in [-0.3, -0.25) is 9.69 Å². The highest BCUT2D eigenvalue weighted by atomic mass is 16.1. The molecule has 1 atom stereocenters. The van der Waals surface area contributed by atoms with Crippen molar-refractivity contribution in [1.29, 1.82) is 0 Å². The Balaban J connectivity index is 1.89. The summed E-state index contributed by atoms with van der Waals surface area (Å²) < 4.78 is 0. The monoisotopic (exact) mass is 260 g/mol. The van der Waals surface area contributed by atoms with Gasteiger partial charge in [-0.25, -0.2) is 0 Å². The normalized spacial score (nSPS) is 20.4. The molecule has 0 amide bonds. The molecular formula is C16H24N2O. The van der Waals surface area contributed by atoms with Gasteiger partial charge >= 0.3 is 0 Å². The molecule has 1 unspecified atom stereocenters. The number of anilines is 1. The number of hydrogen-bond acceptors (Lipinski definition) is 3. The Hall–Kier alpha value is -1.35. The quantitative estimate of drug-likeness (QED) is 0.653. The molecule has 1 saturated heterocycles. The molecule has 2 N–H and O–H groups in total. The lowest BCUT2D eigenvalue weighted by atomic mass is 9.99. The fourth-order valence-corrected chi connectivity index (χ4v) is 2.92. The molecule has 2 rings (SSSR count). The van der Waals surface area contributed by atoms with Gasteiger partial charge in [0.15, 0.2) is 5.78 Å². The number of nitrogens with zero attached hydrogens (tertiary/aromatic N) is 1. The van der Waals surface area contributed by atoms with Gasteiger partial charge in [-0.05, 0) is 37.9 Å². The molecule has 104 valence electrons. The third-order valence-electron chi connectivity index (χ3n) is 4.06. The van der Waals surface area contributed by atoms with E-state index < -0.39 is 0 Å². The highest BCUT2D eigenvalue weighted by molar-refractivity contribution is 5.96. The molecule has 0 spiro atoms. The number of nitrogen functional groups attached to an aromatic ring is 1. The van der Waals surface area contributed by atoms with Crippen molar-refractivity contribution in [1.82, 2.24) is 4.90 Å². The van der Waals surface area contributed by atoms with E-state index in [4.69, 9.17) is 5.73 Å². The minimum Gasteiger partial charge on any atom is -0.399 e. The second kappa shape index (κ2) is 6.71. The summed E-state index contributed by atoms with van der Waals surface area (Å²) in [7, 11) is 0. The first-order chi connectivity index (χ1) is 9.20. The fraction of sp³-hybridized carbons (Fsp3) is 0.562. The van der Waals surface area contributed by atoms with Gasteiger partial charge in [-0.15, -0.1) is 0 Å². The number of ketones is 1. The second-order valence-electron chi connectivity index (χ2n) is 5.39. The summed E-state index contributed by atoms with van der Waals surface area (Å²) in [5.41, 5.74) is 7.12. The van der Waals surface area contributed by atoms with E-state index in [0.29, 0.717) is 18.2 Å². The van der Waals surface area contributed by atoms with Gasteiger partial charge in [-0.1, -0.05) is 25.5 Å². The maximum atomic E-state index is 12.2. The fourth-order valence-electron chi connectivity index (χ4n) is 2.92. The first-order valence-electron chi connectivity index (χ1n) is 7.33. The predicted molar refractivity (Wildman–Crippen MR) is 79.3 cm³/mol. The SMILES string of the molecule is CCC1CCCCN1CCC(=O)c1cccc(N)c1. The van der Waals surface area contributed by atoms with Crippen molar-refractivity contribution in [2.75, 3.05) is 18.8 Å². The smallest absolute Gasteiger partial charge is 0.164 e. The highest BCUT2D eigenvalue weighted by Gasteiger charge is 2.21. The molecular weight excluding hydrogens is 236 g/mol. The summed E-state index contributed by atoms with van der Waals surface area (Å²) in [5.74, 6) is 0.202. The van der Waals surface area contributed by atoms with Crippen molar-refractivity contribution in [2.45, 2.75) is 45.1 Å². The lowest BCUT2D eigenvalue weighted by Crippen LogP contribution is -2.40. The highest BCUT2D eigenvalue weighted by Crippen LogP contribution is 2.20. The van der Waals surface area contributed by atoms with Gasteiger partial charge in [0.1, 0.15) is 0 Å². The first-order valence-corrected chi connectivity index (χ1v) is 7.33. The summed E-state index contributed by atoms with van der Waals surface area (Å²) in [5, 5.41) is 0. The van der Waals surface area contributed by atoms with Crippen molar-refractivity contribution < 1.29 is 4.79 Å². The molecule has 3 nitrogen and oxygen atoms in total. The molecule has 1 aromatic carbocycles. The molecule has 1 aromatic rings. The summed E-state index contributed by atoms with van der Waals surface area (Å²) in [6.07, 6.45) is 5.66. The Morgan fingerprint density at radius 3 is 3.00 bits per heavy atom. The molecule has 1 heterocycles. The largest absolute Gasteiger partial charge is 0.399 e. The van der Waals surface area contributed by atoms with Crippen LogP contribution in [-0.2, 0) is 0 Å². The van der Waals surface area contributed by atoms with Crippen LogP contribution < -0.4 is 5.73 Å². The molecule has 0 bridgehead atoms. The van der Waals surface area contributed by atoms with E-state index in [1.54, 1.807) is 6.07 Å². The van der Waals surface area contributed by atoms with Crippen LogP contribution in [0.3, 0.4) is 0 Å². The first kappa shape index (κ1) is 14.1. The van der Waals surface area contributed by atoms with Gasteiger partial charge < -0.3 is 5.73 Å². The van der Waals surface area contributed by atoms with E-state index in [-0.39, 0.29) is 5.78 Å². The Labute approximate surface area is 115 Å². The summed E-state index contributed by atoms with van der Waals surface area (Å²) in [4.78, 5) is 14.6. The number of Topliss-reactive ketones (excluding diaryl/α,β-unsaturated/α-hetero) is 1. The van der Waals surface area contributed by atoms with Gasteiger partial charge in [0.2, 0.25) is 0 Å². The van der Waals surface area contributed by atoms with E-state index in [1.165, 1.54) is 25.7 Å². The molecule has 1 aliphatic heterocycles. The van der Waals surface area contributed by atoms with Crippen LogP contribution in [0.15, 0.2) is 24.3 Å². The third kappa shape index (κ3) is 3.80. The van der Waals surface area contributed by atoms with Gasteiger partial charge in [0.05, 0.1) is 0 Å². The second-order valence-corrected chi connectivity index (χ2v) is 5.39. The number of carbonyl (C=O) groups excluding carboxylic acids is 1. The van der Waals surface area contributed by atoms with Crippen molar-refractivity contribution in [3.05, 3.63) is 29.8 Å². The minimum absolute atomic E-state index is 0.202. The number of nitrogens with two attached hydrogens (primary N) is 1. The van der Waals surface area contributed by atoms with Crippen molar-refractivity contribution >= 4 is 11.5 Å². The summed E-state index contributed by atoms with van der Waals surface area (Å²) in [6.45, 7) is 4.26. The zero-order valence-corrected chi connectivity index (χ0v) is 11.8. The molecule has 0 aliphatic carbocycles. The van der Waals surface area contributed by atoms with Crippen LogP contribution >= 0.6 is 0 Å². The van der Waals surface area contributed by atoms with Crippen LogP contribution in [0, 0.1) is 0 Å². The van der Waals surface area contributed by atoms with Crippen LogP contribution in [0.1, 0.15) is 49.4 Å². The summed E-state index contributed by atoms with van der Waals surface area (Å²) >= 11 is 0. The van der Waals surface area contributed by atoms with Crippen molar-refractivity contribution in [3.8, 4) is 0 Å². The zero-order valence-electron chi connectivity index (χ0n) is 11.8. The van der Waals surface area contributed by atoms with Gasteiger partial charge in [0.25, 0.3) is 0 Å². The van der Waals surface area contributed by atoms with Crippen LogP contribution in [-0.4, -0.2) is 29.8 Å². The lowest BCUT2D eigenvalue weighted by molar-refractivity contribution is 0.0923. The van der Waals surface area contributed by atoms with E-state index in [2.05, 4.69) is 11.8 Å². The third-order valence-corrected chi connectivity index (χ3v) is 4.06. The Bertz CT molecular complexity index is 431. The average Bonchev–Trinajstić information content (AvgIpc) is 2.45. The number of carbonyl (C=O) groups is 1. The molecule has 0 radical (unpaired) electrons. The van der Waals surface area contributed by atoms with E-state index in [9.17, 15) is 4.79 Å². The topological polar surface area (TPSA) is 46.3 Å². The van der Waals surface area contributed by atoms with Crippen LogP contribution in [0.5, 0.6) is 0 Å². The molecule has 1 fully saturated rings. The number of benzene rings is 1. The lowest BCUT2D eigenvalue weighted by Gasteiger charge is -2.35. The van der Waals surface area contributed by atoms with Gasteiger partial charge in [-0.2, -0.15) is 0 Å². The van der Waals surface area contributed by atoms with Crippen LogP contribution in [0.2, 0.25) is 0 Å². The minimum atomic E-state index is 0.202. The molecule has 0 aromatic heterocycles. The Kier molecular flexibility index (Phi) is 4.97. The number of hydrogen-bond donors (Lipinski definition) is 1. The average molecular weight is 260 g/mol. The Morgan fingerprint density at radius 1 is 1.42 bits per heavy atom. The van der Waals surface area contributed by atoms with Crippen LogP contribution in [0.25, 0.3) is 0 Å². The zero-order chi connectivity index (χ0) is 13.7. The van der Waals surface area contributed by atoms with Gasteiger partial charge in [0, 0.05) is 30.3 Å². The van der Waals surface area contributed by atoms with E-state index >= 15 is 0 Å². The summed E-state index contributed by atoms with van der Waals surface area (Å²) in [6, 6.07) is 7.96. The predicted octanol–water partition coefficient (Wildman–Crippen LogP) is 3.11. The molecule has 1 aliphatic rings. The number of likely N-dealkylation sites (tertiary alicyclic amines) is 1. The van der Waals surface area contributed by atoms with Crippen LogP contribution in [0.4, 0.5) is 5.69 Å². The van der Waals surface area contributed by atoms with E-state index in [0.717, 1.165) is 18.7 Å². The molecule has 0 saturated carbocycles. The number of rotatable bonds is 5. The number of piperidine rings is 1. The molecule has 19 heavy (non-hydrogen) atoms. The van der Waals surface area contributed by atoms with Crippen molar-refractivity contribution in [2.24, 2.45) is 0 Å². The molecule has 3 heteroatoms. The van der Waals surface area contributed by atoms with Crippen molar-refractivity contribution in [3.63, 3.8) is 0 Å². The standard InChI is InChI=1S/C16H24N2O/c1-2-15-8-3-4-10-18(15)11-9-16(19)13-6-5-7-14(17)12-13/h5-7,12,15H,2-4,8-11,17H2,1H3. The maximum absolute atomic E-state index is 12.2.